The van der Waals surface area contributed by atoms with Gasteiger partial charge in [0.25, 0.3) is 0 Å². The van der Waals surface area contributed by atoms with Crippen molar-refractivity contribution >= 4 is 10.0 Å². The zero-order valence-corrected chi connectivity index (χ0v) is 14.1. The molecule has 2 rings (SSSR count). The molecule has 0 aliphatic rings. The van der Waals surface area contributed by atoms with E-state index < -0.39 is 10.0 Å². The number of hydrogen-bond donors (Lipinski definition) is 2. The lowest BCUT2D eigenvalue weighted by Crippen LogP contribution is -2.31. The van der Waals surface area contributed by atoms with Crippen LogP contribution in [0.3, 0.4) is 0 Å². The summed E-state index contributed by atoms with van der Waals surface area (Å²) in [6.45, 7) is 4.84. The average molecular weight is 336 g/mol. The fraction of sp³-hybridized carbons (Fsp3) is 0.294. The highest BCUT2D eigenvalue weighted by Crippen LogP contribution is 2.10. The monoisotopic (exact) mass is 336 g/mol. The summed E-state index contributed by atoms with van der Waals surface area (Å²) in [7, 11) is -3.48. The summed E-state index contributed by atoms with van der Waals surface area (Å²) in [6, 6.07) is 11.8. The van der Waals surface area contributed by atoms with Crippen LogP contribution >= 0.6 is 0 Å². The van der Waals surface area contributed by atoms with Gasteiger partial charge in [0, 0.05) is 19.6 Å². The SMILES string of the molecule is Cc1ccc(S(=O)(=O)NCCNCc2ccc(C)c(F)c2)cc1. The van der Waals surface area contributed by atoms with Gasteiger partial charge < -0.3 is 5.32 Å². The first-order valence-corrected chi connectivity index (χ1v) is 8.89. The molecule has 6 heteroatoms. The Balaban J connectivity index is 1.78. The van der Waals surface area contributed by atoms with Crippen LogP contribution in [0.5, 0.6) is 0 Å². The van der Waals surface area contributed by atoms with Gasteiger partial charge in [0.05, 0.1) is 4.90 Å². The average Bonchev–Trinajstić information content (AvgIpc) is 2.51. The Hall–Kier alpha value is -1.76. The van der Waals surface area contributed by atoms with Crippen LogP contribution in [-0.4, -0.2) is 21.5 Å². The van der Waals surface area contributed by atoms with Crippen molar-refractivity contribution in [2.45, 2.75) is 25.3 Å². The van der Waals surface area contributed by atoms with Crippen LogP contribution in [0.4, 0.5) is 4.39 Å². The second-order valence-electron chi connectivity index (χ2n) is 5.47. The maximum absolute atomic E-state index is 13.4. The van der Waals surface area contributed by atoms with Crippen LogP contribution in [-0.2, 0) is 16.6 Å². The van der Waals surface area contributed by atoms with E-state index in [4.69, 9.17) is 0 Å². The van der Waals surface area contributed by atoms with Gasteiger partial charge in [-0.15, -0.1) is 0 Å². The molecule has 0 unspecified atom stereocenters. The molecule has 2 aromatic rings. The van der Waals surface area contributed by atoms with E-state index in [9.17, 15) is 12.8 Å². The normalized spacial score (nSPS) is 11.6. The Morgan fingerprint density at radius 3 is 2.35 bits per heavy atom. The summed E-state index contributed by atoms with van der Waals surface area (Å²) in [5.41, 5.74) is 2.45. The smallest absolute Gasteiger partial charge is 0.240 e. The molecule has 0 aromatic heterocycles. The van der Waals surface area contributed by atoms with Crippen LogP contribution < -0.4 is 10.0 Å². The molecular weight excluding hydrogens is 315 g/mol. The molecule has 2 aromatic carbocycles. The number of benzene rings is 2. The van der Waals surface area contributed by atoms with Crippen LogP contribution in [0, 0.1) is 19.7 Å². The number of halogens is 1. The molecule has 2 N–H and O–H groups in total. The van der Waals surface area contributed by atoms with Gasteiger partial charge in [-0.1, -0.05) is 29.8 Å². The summed E-state index contributed by atoms with van der Waals surface area (Å²) in [5, 5.41) is 3.09. The van der Waals surface area contributed by atoms with E-state index in [1.807, 2.05) is 13.0 Å². The van der Waals surface area contributed by atoms with Crippen molar-refractivity contribution in [3.63, 3.8) is 0 Å². The molecule has 0 fully saturated rings. The third-order valence-electron chi connectivity index (χ3n) is 3.49. The van der Waals surface area contributed by atoms with Crippen molar-refractivity contribution in [3.05, 3.63) is 65.0 Å². The third-order valence-corrected chi connectivity index (χ3v) is 4.97. The molecule has 124 valence electrons. The van der Waals surface area contributed by atoms with Gasteiger partial charge in [-0.2, -0.15) is 0 Å². The number of rotatable bonds is 7. The molecule has 0 aliphatic heterocycles. The zero-order valence-electron chi connectivity index (χ0n) is 13.3. The van der Waals surface area contributed by atoms with Gasteiger partial charge in [-0.25, -0.2) is 17.5 Å². The number of aryl methyl sites for hydroxylation is 2. The van der Waals surface area contributed by atoms with Gasteiger partial charge in [-0.05, 0) is 43.2 Å². The van der Waals surface area contributed by atoms with E-state index in [0.29, 0.717) is 18.7 Å². The lowest BCUT2D eigenvalue weighted by atomic mass is 10.1. The third kappa shape index (κ3) is 5.13. The van der Waals surface area contributed by atoms with Crippen molar-refractivity contribution in [2.24, 2.45) is 0 Å². The highest BCUT2D eigenvalue weighted by molar-refractivity contribution is 7.89. The lowest BCUT2D eigenvalue weighted by molar-refractivity contribution is 0.575. The summed E-state index contributed by atoms with van der Waals surface area (Å²) in [5.74, 6) is -0.232. The van der Waals surface area contributed by atoms with Crippen molar-refractivity contribution in [1.29, 1.82) is 0 Å². The molecule has 4 nitrogen and oxygen atoms in total. The van der Waals surface area contributed by atoms with E-state index >= 15 is 0 Å². The standard InChI is InChI=1S/C17H21FN2O2S/c1-13-3-7-16(8-4-13)23(21,22)20-10-9-19-12-15-6-5-14(2)17(18)11-15/h3-8,11,19-20H,9-10,12H2,1-2H3. The van der Waals surface area contributed by atoms with Gasteiger partial charge in [0.2, 0.25) is 10.0 Å². The summed E-state index contributed by atoms with van der Waals surface area (Å²) in [6.07, 6.45) is 0. The van der Waals surface area contributed by atoms with Gasteiger partial charge in [-0.3, -0.25) is 0 Å². The Morgan fingerprint density at radius 2 is 1.70 bits per heavy atom. The fourth-order valence-electron chi connectivity index (χ4n) is 2.05. The highest BCUT2D eigenvalue weighted by Gasteiger charge is 2.12. The second-order valence-corrected chi connectivity index (χ2v) is 7.24. The predicted octanol–water partition coefficient (Wildman–Crippen LogP) is 2.51. The first-order chi connectivity index (χ1) is 10.9. The lowest BCUT2D eigenvalue weighted by Gasteiger charge is -2.09. The molecule has 0 saturated carbocycles. The molecule has 0 aliphatic carbocycles. The van der Waals surface area contributed by atoms with Crippen molar-refractivity contribution in [3.8, 4) is 0 Å². The predicted molar refractivity (Wildman–Crippen MR) is 89.2 cm³/mol. The van der Waals surface area contributed by atoms with Crippen LogP contribution in [0.15, 0.2) is 47.4 Å². The molecule has 0 bridgehead atoms. The van der Waals surface area contributed by atoms with E-state index in [-0.39, 0.29) is 17.3 Å². The topological polar surface area (TPSA) is 58.2 Å². The molecule has 0 radical (unpaired) electrons. The van der Waals surface area contributed by atoms with E-state index in [1.54, 1.807) is 37.3 Å². The minimum atomic E-state index is -3.48. The molecule has 0 atom stereocenters. The van der Waals surface area contributed by atoms with Crippen LogP contribution in [0.1, 0.15) is 16.7 Å². The number of nitrogens with one attached hydrogen (secondary N) is 2. The fourth-order valence-corrected chi connectivity index (χ4v) is 3.09. The van der Waals surface area contributed by atoms with Crippen molar-refractivity contribution in [2.75, 3.05) is 13.1 Å². The van der Waals surface area contributed by atoms with E-state index in [0.717, 1.165) is 11.1 Å². The Labute approximate surface area is 136 Å². The largest absolute Gasteiger partial charge is 0.311 e. The maximum Gasteiger partial charge on any atom is 0.240 e. The van der Waals surface area contributed by atoms with E-state index in [2.05, 4.69) is 10.0 Å². The molecule has 0 amide bonds. The first kappa shape index (κ1) is 17.6. The van der Waals surface area contributed by atoms with Crippen molar-refractivity contribution < 1.29 is 12.8 Å². The van der Waals surface area contributed by atoms with Gasteiger partial charge >= 0.3 is 0 Å². The molecule has 0 spiro atoms. The molecule has 0 heterocycles. The Morgan fingerprint density at radius 1 is 1.00 bits per heavy atom. The minimum absolute atomic E-state index is 0.232. The van der Waals surface area contributed by atoms with E-state index in [1.165, 1.54) is 6.07 Å². The Bertz CT molecular complexity index is 759. The number of hydrogen-bond acceptors (Lipinski definition) is 3. The Kier molecular flexibility index (Phi) is 5.87. The summed E-state index contributed by atoms with van der Waals surface area (Å²) < 4.78 is 40.1. The maximum atomic E-state index is 13.4. The highest BCUT2D eigenvalue weighted by atomic mass is 32.2. The molecular formula is C17H21FN2O2S. The summed E-state index contributed by atoms with van der Waals surface area (Å²) in [4.78, 5) is 0.253. The van der Waals surface area contributed by atoms with Gasteiger partial charge in [0.15, 0.2) is 0 Å². The minimum Gasteiger partial charge on any atom is -0.311 e. The molecule has 0 saturated heterocycles. The van der Waals surface area contributed by atoms with Crippen molar-refractivity contribution in [1.82, 2.24) is 10.0 Å². The quantitative estimate of drug-likeness (QED) is 0.764. The summed E-state index contributed by atoms with van der Waals surface area (Å²) >= 11 is 0. The van der Waals surface area contributed by atoms with Crippen LogP contribution in [0.2, 0.25) is 0 Å². The number of sulfonamides is 1. The first-order valence-electron chi connectivity index (χ1n) is 7.40. The zero-order chi connectivity index (χ0) is 16.9. The van der Waals surface area contributed by atoms with Gasteiger partial charge in [0.1, 0.15) is 5.82 Å². The van der Waals surface area contributed by atoms with Crippen LogP contribution in [0.25, 0.3) is 0 Å². The second kappa shape index (κ2) is 7.68. The molecule has 23 heavy (non-hydrogen) atoms.